The SMILES string of the molecule is CCC(C)NC(=O)c1ccc2c(c1)N=C(C)c1ccccc1S2. The van der Waals surface area contributed by atoms with Gasteiger partial charge in [-0.1, -0.05) is 36.9 Å². The van der Waals surface area contributed by atoms with Crippen molar-refractivity contribution in [1.82, 2.24) is 5.32 Å². The number of nitrogens with one attached hydrogen (secondary N) is 1. The first-order valence-electron chi connectivity index (χ1n) is 7.86. The molecule has 0 radical (unpaired) electrons. The fraction of sp³-hybridized carbons (Fsp3) is 0.263. The van der Waals surface area contributed by atoms with E-state index in [-0.39, 0.29) is 11.9 Å². The number of nitrogens with zero attached hydrogens (tertiary/aromatic N) is 1. The summed E-state index contributed by atoms with van der Waals surface area (Å²) in [4.78, 5) is 19.3. The van der Waals surface area contributed by atoms with Gasteiger partial charge in [-0.15, -0.1) is 0 Å². The number of carbonyl (C=O) groups excluding carboxylic acids is 1. The Hall–Kier alpha value is -2.07. The van der Waals surface area contributed by atoms with E-state index in [1.54, 1.807) is 11.8 Å². The highest BCUT2D eigenvalue weighted by Crippen LogP contribution is 2.40. The Labute approximate surface area is 141 Å². The number of fused-ring (bicyclic) bond motifs is 2. The highest BCUT2D eigenvalue weighted by atomic mass is 32.2. The maximum Gasteiger partial charge on any atom is 0.251 e. The van der Waals surface area contributed by atoms with E-state index in [9.17, 15) is 4.79 Å². The van der Waals surface area contributed by atoms with Gasteiger partial charge in [-0.25, -0.2) is 0 Å². The molecule has 1 heterocycles. The van der Waals surface area contributed by atoms with Crippen molar-refractivity contribution in [2.24, 2.45) is 4.99 Å². The Morgan fingerprint density at radius 2 is 2.00 bits per heavy atom. The number of aliphatic imine (C=N–C) groups is 1. The lowest BCUT2D eigenvalue weighted by Crippen LogP contribution is -2.31. The second kappa shape index (κ2) is 6.59. The zero-order valence-corrected chi connectivity index (χ0v) is 14.4. The van der Waals surface area contributed by atoms with Crippen LogP contribution >= 0.6 is 11.8 Å². The van der Waals surface area contributed by atoms with Crippen LogP contribution in [0.4, 0.5) is 5.69 Å². The van der Waals surface area contributed by atoms with Gasteiger partial charge in [0.2, 0.25) is 0 Å². The number of rotatable bonds is 3. The largest absolute Gasteiger partial charge is 0.350 e. The normalized spacial score (nSPS) is 14.1. The molecule has 1 amide bonds. The van der Waals surface area contributed by atoms with Crippen molar-refractivity contribution in [2.75, 3.05) is 0 Å². The summed E-state index contributed by atoms with van der Waals surface area (Å²) in [5, 5.41) is 3.00. The van der Waals surface area contributed by atoms with Crippen molar-refractivity contribution >= 4 is 29.1 Å². The highest BCUT2D eigenvalue weighted by molar-refractivity contribution is 7.99. The Morgan fingerprint density at radius 3 is 2.78 bits per heavy atom. The smallest absolute Gasteiger partial charge is 0.251 e. The molecular formula is C19H20N2OS. The summed E-state index contributed by atoms with van der Waals surface area (Å²) >= 11 is 1.70. The minimum Gasteiger partial charge on any atom is -0.350 e. The molecule has 0 fully saturated rings. The van der Waals surface area contributed by atoms with E-state index < -0.39 is 0 Å². The summed E-state index contributed by atoms with van der Waals surface area (Å²) in [6.07, 6.45) is 0.916. The van der Waals surface area contributed by atoms with Gasteiger partial charge in [0.15, 0.2) is 0 Å². The summed E-state index contributed by atoms with van der Waals surface area (Å²) in [6.45, 7) is 6.08. The standard InChI is InChI=1S/C19H20N2OS/c1-4-12(2)20-19(22)14-9-10-18-16(11-14)21-13(3)15-7-5-6-8-17(15)23-18/h5-12H,4H2,1-3H3,(H,20,22). The minimum absolute atomic E-state index is 0.0400. The third-order valence-corrected chi connectivity index (χ3v) is 5.14. The lowest BCUT2D eigenvalue weighted by atomic mass is 10.1. The van der Waals surface area contributed by atoms with Crippen LogP contribution in [0.5, 0.6) is 0 Å². The van der Waals surface area contributed by atoms with E-state index in [1.807, 2.05) is 44.2 Å². The maximum atomic E-state index is 12.3. The summed E-state index contributed by atoms with van der Waals surface area (Å²) in [5.41, 5.74) is 3.65. The van der Waals surface area contributed by atoms with Gasteiger partial charge in [-0.3, -0.25) is 9.79 Å². The van der Waals surface area contributed by atoms with E-state index in [4.69, 9.17) is 4.99 Å². The van der Waals surface area contributed by atoms with Crippen LogP contribution in [-0.2, 0) is 0 Å². The van der Waals surface area contributed by atoms with E-state index in [0.29, 0.717) is 5.56 Å². The molecule has 0 saturated heterocycles. The summed E-state index contributed by atoms with van der Waals surface area (Å²) in [5.74, 6) is -0.0400. The molecule has 23 heavy (non-hydrogen) atoms. The van der Waals surface area contributed by atoms with Crippen molar-refractivity contribution in [3.05, 3.63) is 53.6 Å². The zero-order chi connectivity index (χ0) is 16.4. The molecule has 0 bridgehead atoms. The number of amides is 1. The minimum atomic E-state index is -0.0400. The van der Waals surface area contributed by atoms with Crippen molar-refractivity contribution in [2.45, 2.75) is 43.0 Å². The first-order valence-corrected chi connectivity index (χ1v) is 8.67. The van der Waals surface area contributed by atoms with Gasteiger partial charge in [-0.05, 0) is 44.5 Å². The monoisotopic (exact) mass is 324 g/mol. The highest BCUT2D eigenvalue weighted by Gasteiger charge is 2.17. The Bertz CT molecular complexity index is 783. The Balaban J connectivity index is 1.97. The molecule has 0 saturated carbocycles. The quantitative estimate of drug-likeness (QED) is 0.879. The van der Waals surface area contributed by atoms with Crippen LogP contribution < -0.4 is 5.32 Å². The molecule has 1 aliphatic heterocycles. The van der Waals surface area contributed by atoms with Gasteiger partial charge in [-0.2, -0.15) is 0 Å². The summed E-state index contributed by atoms with van der Waals surface area (Å²) < 4.78 is 0. The number of carbonyl (C=O) groups is 1. The van der Waals surface area contributed by atoms with Crippen LogP contribution in [-0.4, -0.2) is 17.7 Å². The number of benzene rings is 2. The molecule has 1 atom stereocenters. The molecule has 1 N–H and O–H groups in total. The van der Waals surface area contributed by atoms with E-state index in [0.717, 1.165) is 28.3 Å². The second-order valence-corrected chi connectivity index (χ2v) is 6.84. The molecule has 3 rings (SSSR count). The lowest BCUT2D eigenvalue weighted by Gasteiger charge is -2.12. The van der Waals surface area contributed by atoms with Gasteiger partial charge in [0.25, 0.3) is 5.91 Å². The molecule has 0 aromatic heterocycles. The molecule has 2 aromatic carbocycles. The van der Waals surface area contributed by atoms with Gasteiger partial charge in [0.05, 0.1) is 5.69 Å². The van der Waals surface area contributed by atoms with Crippen molar-refractivity contribution in [3.8, 4) is 0 Å². The van der Waals surface area contributed by atoms with Crippen LogP contribution in [0.1, 0.15) is 43.1 Å². The molecular weight excluding hydrogens is 304 g/mol. The van der Waals surface area contributed by atoms with Gasteiger partial charge >= 0.3 is 0 Å². The topological polar surface area (TPSA) is 41.5 Å². The third kappa shape index (κ3) is 3.32. The van der Waals surface area contributed by atoms with Crippen LogP contribution in [0, 0.1) is 0 Å². The van der Waals surface area contributed by atoms with Crippen LogP contribution in [0.3, 0.4) is 0 Å². The van der Waals surface area contributed by atoms with Crippen LogP contribution in [0.15, 0.2) is 57.2 Å². The fourth-order valence-electron chi connectivity index (χ4n) is 2.46. The zero-order valence-electron chi connectivity index (χ0n) is 13.6. The molecule has 0 spiro atoms. The van der Waals surface area contributed by atoms with Crippen molar-refractivity contribution in [3.63, 3.8) is 0 Å². The van der Waals surface area contributed by atoms with Crippen LogP contribution in [0.25, 0.3) is 0 Å². The van der Waals surface area contributed by atoms with Gasteiger partial charge < -0.3 is 5.32 Å². The van der Waals surface area contributed by atoms with Crippen molar-refractivity contribution in [1.29, 1.82) is 0 Å². The fourth-order valence-corrected chi connectivity index (χ4v) is 3.51. The number of hydrogen-bond acceptors (Lipinski definition) is 3. The summed E-state index contributed by atoms with van der Waals surface area (Å²) in [6, 6.07) is 14.2. The molecule has 4 heteroatoms. The molecule has 2 aromatic rings. The predicted molar refractivity (Wildman–Crippen MR) is 96.1 cm³/mol. The third-order valence-electron chi connectivity index (χ3n) is 4.00. The molecule has 3 nitrogen and oxygen atoms in total. The lowest BCUT2D eigenvalue weighted by molar-refractivity contribution is 0.0939. The van der Waals surface area contributed by atoms with E-state index in [1.165, 1.54) is 4.90 Å². The van der Waals surface area contributed by atoms with Crippen LogP contribution in [0.2, 0.25) is 0 Å². The first-order chi connectivity index (χ1) is 11.1. The average molecular weight is 324 g/mol. The van der Waals surface area contributed by atoms with Gasteiger partial charge in [0.1, 0.15) is 0 Å². The Kier molecular flexibility index (Phi) is 4.53. The first kappa shape index (κ1) is 15.8. The molecule has 1 unspecified atom stereocenters. The van der Waals surface area contributed by atoms with E-state index in [2.05, 4.69) is 24.4 Å². The summed E-state index contributed by atoms with van der Waals surface area (Å²) in [7, 11) is 0. The maximum absolute atomic E-state index is 12.3. The predicted octanol–water partition coefficient (Wildman–Crippen LogP) is 4.82. The van der Waals surface area contributed by atoms with Crippen molar-refractivity contribution < 1.29 is 4.79 Å². The average Bonchev–Trinajstić information content (AvgIpc) is 2.70. The second-order valence-electron chi connectivity index (χ2n) is 5.76. The van der Waals surface area contributed by atoms with E-state index >= 15 is 0 Å². The molecule has 1 aliphatic rings. The van der Waals surface area contributed by atoms with Gasteiger partial charge in [0, 0.05) is 32.7 Å². The Morgan fingerprint density at radius 1 is 1.22 bits per heavy atom. The molecule has 118 valence electrons. The molecule has 0 aliphatic carbocycles. The number of hydrogen-bond donors (Lipinski definition) is 1.